The summed E-state index contributed by atoms with van der Waals surface area (Å²) in [5.41, 5.74) is -0.00469. The fourth-order valence-corrected chi connectivity index (χ4v) is 0.777. The molecule has 0 aliphatic rings. The highest BCUT2D eigenvalue weighted by atomic mass is 16.5. The Morgan fingerprint density at radius 1 is 1.31 bits per heavy atom. The van der Waals surface area contributed by atoms with E-state index in [1.54, 1.807) is 0 Å². The van der Waals surface area contributed by atoms with Gasteiger partial charge in [-0.15, -0.1) is 5.92 Å². The molecule has 0 fully saturated rings. The minimum Gasteiger partial charge on any atom is -0.452 e. The summed E-state index contributed by atoms with van der Waals surface area (Å²) in [5, 5.41) is 0. The lowest BCUT2D eigenvalue weighted by Gasteiger charge is -2.15. The molecule has 0 rings (SSSR count). The minimum atomic E-state index is -0.169. The largest absolute Gasteiger partial charge is 0.452 e. The van der Waals surface area contributed by atoms with Crippen LogP contribution in [0.3, 0.4) is 0 Å². The zero-order chi connectivity index (χ0) is 10.3. The molecule has 0 radical (unpaired) electrons. The van der Waals surface area contributed by atoms with Gasteiger partial charge in [-0.05, 0) is 5.41 Å². The Morgan fingerprint density at radius 3 is 2.38 bits per heavy atom. The molecule has 0 unspecified atom stereocenters. The van der Waals surface area contributed by atoms with Crippen LogP contribution in [0, 0.1) is 17.3 Å². The number of ether oxygens (including phenoxy) is 1. The van der Waals surface area contributed by atoms with Gasteiger partial charge in [-0.2, -0.15) is 0 Å². The van der Waals surface area contributed by atoms with Gasteiger partial charge in [0.15, 0.2) is 6.61 Å². The van der Waals surface area contributed by atoms with Crippen molar-refractivity contribution in [3.63, 3.8) is 0 Å². The first-order valence-corrected chi connectivity index (χ1v) is 4.57. The highest BCUT2D eigenvalue weighted by Gasteiger charge is 2.16. The third-order valence-corrected chi connectivity index (χ3v) is 1.28. The van der Waals surface area contributed by atoms with E-state index in [0.717, 1.165) is 6.42 Å². The second kappa shape index (κ2) is 5.64. The molecule has 0 aromatic carbocycles. The Kier molecular flexibility index (Phi) is 5.22. The molecule has 13 heavy (non-hydrogen) atoms. The third kappa shape index (κ3) is 8.94. The number of carbonyl (C=O) groups excluding carboxylic acids is 1. The van der Waals surface area contributed by atoms with Crippen LogP contribution in [0.2, 0.25) is 0 Å². The average Bonchev–Trinajstić information content (AvgIpc) is 1.94. The van der Waals surface area contributed by atoms with Gasteiger partial charge in [0.1, 0.15) is 0 Å². The molecular weight excluding hydrogens is 164 g/mol. The fraction of sp³-hybridized carbons (Fsp3) is 0.727. The van der Waals surface area contributed by atoms with E-state index >= 15 is 0 Å². The quantitative estimate of drug-likeness (QED) is 0.484. The molecule has 2 nitrogen and oxygen atoms in total. The number of esters is 1. The Labute approximate surface area is 80.7 Å². The molecule has 0 saturated heterocycles. The zero-order valence-corrected chi connectivity index (χ0v) is 8.94. The van der Waals surface area contributed by atoms with Crippen LogP contribution >= 0.6 is 0 Å². The van der Waals surface area contributed by atoms with Crippen molar-refractivity contribution in [1.29, 1.82) is 0 Å². The van der Waals surface area contributed by atoms with E-state index in [9.17, 15) is 4.79 Å². The summed E-state index contributed by atoms with van der Waals surface area (Å²) in [7, 11) is 0. The van der Waals surface area contributed by atoms with Gasteiger partial charge in [-0.1, -0.05) is 33.6 Å². The molecule has 0 heterocycles. The maximum Gasteiger partial charge on any atom is 0.307 e. The summed E-state index contributed by atoms with van der Waals surface area (Å²) >= 11 is 0. The second-order valence-electron chi connectivity index (χ2n) is 4.11. The Morgan fingerprint density at radius 2 is 1.92 bits per heavy atom. The molecule has 0 saturated carbocycles. The van der Waals surface area contributed by atoms with E-state index in [-0.39, 0.29) is 18.0 Å². The molecular formula is C11H18O2. The van der Waals surface area contributed by atoms with Gasteiger partial charge in [-0.25, -0.2) is 0 Å². The zero-order valence-electron chi connectivity index (χ0n) is 8.94. The van der Waals surface area contributed by atoms with E-state index < -0.39 is 0 Å². The molecule has 0 amide bonds. The summed E-state index contributed by atoms with van der Waals surface area (Å²) < 4.78 is 4.91. The molecule has 2 heteroatoms. The van der Waals surface area contributed by atoms with Gasteiger partial charge in [0.25, 0.3) is 0 Å². The summed E-state index contributed by atoms with van der Waals surface area (Å²) in [6.07, 6.45) is 1.25. The first kappa shape index (κ1) is 12.0. The van der Waals surface area contributed by atoms with Crippen molar-refractivity contribution in [2.24, 2.45) is 5.41 Å². The fourth-order valence-electron chi connectivity index (χ4n) is 0.777. The van der Waals surface area contributed by atoms with Gasteiger partial charge in [-0.3, -0.25) is 4.79 Å². The Bertz CT molecular complexity index is 212. The lowest BCUT2D eigenvalue weighted by molar-refractivity contribution is -0.144. The van der Waals surface area contributed by atoms with E-state index in [4.69, 9.17) is 4.74 Å². The van der Waals surface area contributed by atoms with Crippen molar-refractivity contribution in [3.8, 4) is 11.8 Å². The van der Waals surface area contributed by atoms with E-state index in [1.165, 1.54) is 0 Å². The maximum absolute atomic E-state index is 11.1. The Hall–Kier alpha value is -0.970. The molecule has 0 aliphatic heterocycles. The van der Waals surface area contributed by atoms with Gasteiger partial charge >= 0.3 is 5.97 Å². The van der Waals surface area contributed by atoms with Crippen LogP contribution in [0.1, 0.15) is 40.5 Å². The maximum atomic E-state index is 11.1. The first-order chi connectivity index (χ1) is 5.95. The van der Waals surface area contributed by atoms with Gasteiger partial charge in [0.2, 0.25) is 0 Å². The molecule has 0 spiro atoms. The predicted molar refractivity (Wildman–Crippen MR) is 53.1 cm³/mol. The van der Waals surface area contributed by atoms with Crippen molar-refractivity contribution >= 4 is 5.97 Å². The lowest BCUT2D eigenvalue weighted by atomic mass is 9.93. The van der Waals surface area contributed by atoms with E-state index in [2.05, 4.69) is 11.8 Å². The van der Waals surface area contributed by atoms with Crippen LogP contribution in [0.4, 0.5) is 0 Å². The van der Waals surface area contributed by atoms with E-state index in [0.29, 0.717) is 6.42 Å². The summed E-state index contributed by atoms with van der Waals surface area (Å²) in [5.74, 6) is 5.43. The standard InChI is InChI=1S/C11H18O2/c1-5-6-7-8-13-10(12)9-11(2,3)4/h5,8-9H2,1-4H3. The summed E-state index contributed by atoms with van der Waals surface area (Å²) in [6, 6.07) is 0. The summed E-state index contributed by atoms with van der Waals surface area (Å²) in [6.45, 7) is 8.21. The van der Waals surface area contributed by atoms with Crippen molar-refractivity contribution in [3.05, 3.63) is 0 Å². The van der Waals surface area contributed by atoms with Crippen LogP contribution in [-0.4, -0.2) is 12.6 Å². The number of hydrogen-bond acceptors (Lipinski definition) is 2. The monoisotopic (exact) mass is 182 g/mol. The topological polar surface area (TPSA) is 26.3 Å². The normalized spacial score (nSPS) is 10.2. The van der Waals surface area contributed by atoms with Crippen LogP contribution in [0.25, 0.3) is 0 Å². The molecule has 0 aromatic heterocycles. The summed E-state index contributed by atoms with van der Waals surface area (Å²) in [4.78, 5) is 11.1. The highest BCUT2D eigenvalue weighted by molar-refractivity contribution is 5.70. The number of carbonyl (C=O) groups is 1. The smallest absolute Gasteiger partial charge is 0.307 e. The molecule has 0 atom stereocenters. The van der Waals surface area contributed by atoms with Crippen molar-refractivity contribution in [2.75, 3.05) is 6.61 Å². The third-order valence-electron chi connectivity index (χ3n) is 1.28. The van der Waals surface area contributed by atoms with Crippen LogP contribution in [0.5, 0.6) is 0 Å². The lowest BCUT2D eigenvalue weighted by Crippen LogP contribution is -2.15. The molecule has 0 aromatic rings. The van der Waals surface area contributed by atoms with Gasteiger partial charge < -0.3 is 4.74 Å². The van der Waals surface area contributed by atoms with E-state index in [1.807, 2.05) is 27.7 Å². The molecule has 0 aliphatic carbocycles. The highest BCUT2D eigenvalue weighted by Crippen LogP contribution is 2.18. The average molecular weight is 182 g/mol. The number of rotatable bonds is 2. The molecule has 74 valence electrons. The Balaban J connectivity index is 3.64. The number of hydrogen-bond donors (Lipinski definition) is 0. The van der Waals surface area contributed by atoms with Crippen LogP contribution < -0.4 is 0 Å². The van der Waals surface area contributed by atoms with Crippen molar-refractivity contribution < 1.29 is 9.53 Å². The molecule has 0 bridgehead atoms. The predicted octanol–water partition coefficient (Wildman–Crippen LogP) is 2.38. The SMILES string of the molecule is CCC#CCOC(=O)CC(C)(C)C. The van der Waals surface area contributed by atoms with Gasteiger partial charge in [0.05, 0.1) is 6.42 Å². The van der Waals surface area contributed by atoms with Crippen molar-refractivity contribution in [1.82, 2.24) is 0 Å². The van der Waals surface area contributed by atoms with Crippen LogP contribution in [0.15, 0.2) is 0 Å². The second-order valence-corrected chi connectivity index (χ2v) is 4.11. The minimum absolute atomic E-state index is 0.00469. The van der Waals surface area contributed by atoms with Crippen LogP contribution in [-0.2, 0) is 9.53 Å². The van der Waals surface area contributed by atoms with Crippen molar-refractivity contribution in [2.45, 2.75) is 40.5 Å². The molecule has 0 N–H and O–H groups in total. The van der Waals surface area contributed by atoms with Gasteiger partial charge in [0, 0.05) is 6.42 Å². The first-order valence-electron chi connectivity index (χ1n) is 4.57.